The van der Waals surface area contributed by atoms with Crippen molar-refractivity contribution in [2.24, 2.45) is 0 Å². The van der Waals surface area contributed by atoms with Crippen LogP contribution < -0.4 is 10.9 Å². The smallest absolute Gasteiger partial charge is 0.257 e. The summed E-state index contributed by atoms with van der Waals surface area (Å²) >= 11 is 0. The third-order valence-corrected chi connectivity index (χ3v) is 4.99. The van der Waals surface area contributed by atoms with Crippen molar-refractivity contribution < 1.29 is 19.0 Å². The summed E-state index contributed by atoms with van der Waals surface area (Å²) in [6.45, 7) is 0.273. The van der Waals surface area contributed by atoms with Crippen molar-refractivity contribution >= 4 is 22.9 Å². The van der Waals surface area contributed by atoms with Crippen LogP contribution in [0, 0.1) is 5.82 Å². The van der Waals surface area contributed by atoms with Gasteiger partial charge in [-0.05, 0) is 18.2 Å². The highest BCUT2D eigenvalue weighted by molar-refractivity contribution is 5.87. The number of benzene rings is 1. The van der Waals surface area contributed by atoms with E-state index < -0.39 is 11.9 Å². The molecule has 28 heavy (non-hydrogen) atoms. The number of nitrogens with zero attached hydrogens (tertiary/aromatic N) is 2. The normalized spacial score (nSPS) is 13.3. The molecule has 1 atom stereocenters. The summed E-state index contributed by atoms with van der Waals surface area (Å²) in [6, 6.07) is 6.46. The standard InChI is InChI=1S/C20H18FN3O4/c1-22-16-4-10-3-11-7-24-17(19(11)23-15(10)6-14(16)21)5-12(18(26)8-25)13(9-28-2)20(24)27/h3-6,8,18,22,26H,7,9H2,1-2H3. The number of aldehydes is 1. The molecule has 0 aliphatic carbocycles. The maximum atomic E-state index is 14.1. The maximum Gasteiger partial charge on any atom is 0.257 e. The number of nitrogens with one attached hydrogen (secondary N) is 1. The summed E-state index contributed by atoms with van der Waals surface area (Å²) in [6.07, 6.45) is -1.08. The molecule has 0 saturated carbocycles. The number of halogens is 1. The van der Waals surface area contributed by atoms with Crippen LogP contribution in [0.15, 0.2) is 29.1 Å². The lowest BCUT2D eigenvalue weighted by Gasteiger charge is -2.14. The number of rotatable bonds is 5. The van der Waals surface area contributed by atoms with Crippen LogP contribution in [0.5, 0.6) is 0 Å². The number of aliphatic hydroxyl groups excluding tert-OH is 1. The molecule has 0 fully saturated rings. The minimum Gasteiger partial charge on any atom is -0.386 e. The lowest BCUT2D eigenvalue weighted by molar-refractivity contribution is -0.115. The number of fused-ring (bicyclic) bond motifs is 4. The topological polar surface area (TPSA) is 93.5 Å². The predicted octanol–water partition coefficient (Wildman–Crippen LogP) is 1.98. The molecule has 1 unspecified atom stereocenters. The fraction of sp³-hybridized carbons (Fsp3) is 0.250. The molecule has 0 saturated heterocycles. The van der Waals surface area contributed by atoms with E-state index in [0.29, 0.717) is 35.4 Å². The number of methoxy groups -OCH3 is 1. The number of anilines is 1. The Morgan fingerprint density at radius 1 is 1.39 bits per heavy atom. The van der Waals surface area contributed by atoms with Crippen molar-refractivity contribution in [3.05, 3.63) is 57.1 Å². The first-order valence-electron chi connectivity index (χ1n) is 8.68. The average Bonchev–Trinajstić information content (AvgIpc) is 3.05. The lowest BCUT2D eigenvalue weighted by atomic mass is 10.0. The summed E-state index contributed by atoms with van der Waals surface area (Å²) in [4.78, 5) is 28.6. The molecule has 2 N–H and O–H groups in total. The van der Waals surface area contributed by atoms with Crippen LogP contribution in [0.2, 0.25) is 0 Å². The second-order valence-electron chi connectivity index (χ2n) is 6.64. The van der Waals surface area contributed by atoms with Gasteiger partial charge in [0.1, 0.15) is 11.9 Å². The Kier molecular flexibility index (Phi) is 4.44. The molecular formula is C20H18FN3O4. The fourth-order valence-electron chi connectivity index (χ4n) is 3.63. The van der Waals surface area contributed by atoms with E-state index >= 15 is 0 Å². The lowest BCUT2D eigenvalue weighted by Crippen LogP contribution is -2.26. The Morgan fingerprint density at radius 3 is 2.86 bits per heavy atom. The average molecular weight is 383 g/mol. The summed E-state index contributed by atoms with van der Waals surface area (Å²) in [5.74, 6) is -0.426. The summed E-state index contributed by atoms with van der Waals surface area (Å²) in [7, 11) is 3.07. The van der Waals surface area contributed by atoms with E-state index in [0.717, 1.165) is 10.9 Å². The molecule has 0 spiro atoms. The van der Waals surface area contributed by atoms with Gasteiger partial charge >= 0.3 is 0 Å². The number of carbonyl (C=O) groups excluding carboxylic acids is 1. The molecule has 2 aromatic heterocycles. The maximum absolute atomic E-state index is 14.1. The number of carbonyl (C=O) groups is 1. The van der Waals surface area contributed by atoms with Gasteiger partial charge in [0.15, 0.2) is 6.29 Å². The molecule has 4 rings (SSSR count). The number of aliphatic hydroxyl groups is 1. The zero-order valence-corrected chi connectivity index (χ0v) is 15.3. The van der Waals surface area contributed by atoms with Crippen molar-refractivity contribution in [3.8, 4) is 11.4 Å². The van der Waals surface area contributed by atoms with Gasteiger partial charge in [-0.1, -0.05) is 0 Å². The molecule has 1 aliphatic heterocycles. The van der Waals surface area contributed by atoms with E-state index in [-0.39, 0.29) is 23.3 Å². The summed E-state index contributed by atoms with van der Waals surface area (Å²) in [5, 5.41) is 13.6. The minimum absolute atomic E-state index is 0.0260. The van der Waals surface area contributed by atoms with Gasteiger partial charge in [-0.15, -0.1) is 0 Å². The molecular weight excluding hydrogens is 365 g/mol. The first-order valence-corrected chi connectivity index (χ1v) is 8.68. The van der Waals surface area contributed by atoms with Gasteiger partial charge in [-0.2, -0.15) is 0 Å². The Balaban J connectivity index is 1.96. The van der Waals surface area contributed by atoms with Crippen molar-refractivity contribution in [1.82, 2.24) is 9.55 Å². The van der Waals surface area contributed by atoms with Crippen molar-refractivity contribution in [2.45, 2.75) is 19.3 Å². The first kappa shape index (κ1) is 18.3. The number of hydrogen-bond acceptors (Lipinski definition) is 6. The monoisotopic (exact) mass is 383 g/mol. The zero-order valence-electron chi connectivity index (χ0n) is 15.3. The molecule has 7 nitrogen and oxygen atoms in total. The van der Waals surface area contributed by atoms with Gasteiger partial charge < -0.3 is 24.5 Å². The number of pyridine rings is 2. The largest absolute Gasteiger partial charge is 0.386 e. The van der Waals surface area contributed by atoms with Crippen LogP contribution in [0.25, 0.3) is 22.3 Å². The van der Waals surface area contributed by atoms with Gasteiger partial charge in [0.2, 0.25) is 0 Å². The molecule has 3 heterocycles. The van der Waals surface area contributed by atoms with Crippen molar-refractivity contribution in [3.63, 3.8) is 0 Å². The Morgan fingerprint density at radius 2 is 2.18 bits per heavy atom. The summed E-state index contributed by atoms with van der Waals surface area (Å²) in [5.41, 5.74) is 2.71. The van der Waals surface area contributed by atoms with Gasteiger partial charge in [-0.3, -0.25) is 4.79 Å². The van der Waals surface area contributed by atoms with E-state index in [9.17, 15) is 19.1 Å². The van der Waals surface area contributed by atoms with Crippen LogP contribution in [0.3, 0.4) is 0 Å². The predicted molar refractivity (Wildman–Crippen MR) is 102 cm³/mol. The Labute approximate surface area is 159 Å². The van der Waals surface area contributed by atoms with E-state index in [2.05, 4.69) is 10.3 Å². The molecule has 0 radical (unpaired) electrons. The van der Waals surface area contributed by atoms with Crippen LogP contribution in [-0.4, -0.2) is 35.1 Å². The number of ether oxygens (including phenoxy) is 1. The number of hydrogen-bond donors (Lipinski definition) is 2. The van der Waals surface area contributed by atoms with Crippen LogP contribution >= 0.6 is 0 Å². The third-order valence-electron chi connectivity index (χ3n) is 4.99. The van der Waals surface area contributed by atoms with Crippen molar-refractivity contribution in [2.75, 3.05) is 19.5 Å². The highest BCUT2D eigenvalue weighted by Gasteiger charge is 2.27. The van der Waals surface area contributed by atoms with Crippen LogP contribution in [0.1, 0.15) is 22.8 Å². The van der Waals surface area contributed by atoms with Crippen molar-refractivity contribution in [1.29, 1.82) is 0 Å². The fourth-order valence-corrected chi connectivity index (χ4v) is 3.63. The highest BCUT2D eigenvalue weighted by Crippen LogP contribution is 2.34. The molecule has 0 bridgehead atoms. The van der Waals surface area contributed by atoms with E-state index in [1.807, 2.05) is 6.07 Å². The van der Waals surface area contributed by atoms with Crippen LogP contribution in [0.4, 0.5) is 10.1 Å². The van der Waals surface area contributed by atoms with Crippen LogP contribution in [-0.2, 0) is 22.7 Å². The van der Waals surface area contributed by atoms with Gasteiger partial charge in [0.05, 0.1) is 35.7 Å². The van der Waals surface area contributed by atoms with Gasteiger partial charge in [0.25, 0.3) is 5.56 Å². The molecule has 8 heteroatoms. The van der Waals surface area contributed by atoms with E-state index in [1.165, 1.54) is 17.7 Å². The summed E-state index contributed by atoms with van der Waals surface area (Å²) < 4.78 is 20.7. The molecule has 1 aliphatic rings. The van der Waals surface area contributed by atoms with Gasteiger partial charge in [-0.25, -0.2) is 9.37 Å². The minimum atomic E-state index is -1.44. The molecule has 0 amide bonds. The Hall–Kier alpha value is -3.10. The first-order chi connectivity index (χ1) is 13.5. The van der Waals surface area contributed by atoms with E-state index in [4.69, 9.17) is 4.74 Å². The number of aromatic nitrogens is 2. The van der Waals surface area contributed by atoms with E-state index in [1.54, 1.807) is 19.2 Å². The zero-order chi connectivity index (χ0) is 20.0. The molecule has 1 aromatic carbocycles. The second kappa shape index (κ2) is 6.81. The molecule has 144 valence electrons. The highest BCUT2D eigenvalue weighted by atomic mass is 19.1. The quantitative estimate of drug-likeness (QED) is 0.512. The van der Waals surface area contributed by atoms with Gasteiger partial charge in [0, 0.05) is 42.3 Å². The third kappa shape index (κ3) is 2.69. The second-order valence-corrected chi connectivity index (χ2v) is 6.64. The molecule has 3 aromatic rings. The Bertz CT molecular complexity index is 1170. The SMILES string of the molecule is CNc1cc2cc3c(nc2cc1F)-c1cc(C(O)C=O)c(COC)c(=O)n1C3.